The predicted molar refractivity (Wildman–Crippen MR) is 85.4 cm³/mol. The zero-order valence-corrected chi connectivity index (χ0v) is 12.7. The molecule has 1 aliphatic heterocycles. The number of rotatable bonds is 4. The molecule has 1 amide bonds. The third kappa shape index (κ3) is 3.01. The number of H-pyrrole nitrogens is 1. The number of aromatic nitrogens is 3. The van der Waals surface area contributed by atoms with Crippen molar-refractivity contribution in [3.8, 4) is 11.3 Å². The zero-order chi connectivity index (χ0) is 15.4. The topological polar surface area (TPSA) is 82.7 Å². The largest absolute Gasteiger partial charge is 0.317 e. The van der Waals surface area contributed by atoms with E-state index in [1.807, 2.05) is 12.1 Å². The second kappa shape index (κ2) is 6.70. The molecule has 0 aromatic carbocycles. The molecule has 116 valence electrons. The summed E-state index contributed by atoms with van der Waals surface area (Å²) in [6.07, 6.45) is 6.08. The Hall–Kier alpha value is -2.21. The van der Waals surface area contributed by atoms with Crippen LogP contribution in [-0.2, 0) is 11.2 Å². The summed E-state index contributed by atoms with van der Waals surface area (Å²) in [6.45, 7) is 3.87. The number of anilines is 1. The molecule has 2 aromatic heterocycles. The van der Waals surface area contributed by atoms with E-state index in [9.17, 15) is 4.79 Å². The molecule has 0 saturated carbocycles. The minimum Gasteiger partial charge on any atom is -0.317 e. The molecule has 1 fully saturated rings. The standard InChI is InChI=1S/C16H21N5O/c1-2-13-14(11-3-7-17-8-4-11)20-21-15(13)19-16(22)12-5-9-18-10-6-12/h3-4,7-8,12,18H,2,5-6,9-10H2,1H3,(H2,19,20,21,22). The summed E-state index contributed by atoms with van der Waals surface area (Å²) in [4.78, 5) is 16.4. The van der Waals surface area contributed by atoms with E-state index < -0.39 is 0 Å². The Morgan fingerprint density at radius 2 is 2.05 bits per heavy atom. The van der Waals surface area contributed by atoms with Crippen molar-refractivity contribution in [2.24, 2.45) is 5.92 Å². The average molecular weight is 299 g/mol. The van der Waals surface area contributed by atoms with Crippen molar-refractivity contribution in [2.75, 3.05) is 18.4 Å². The summed E-state index contributed by atoms with van der Waals surface area (Å²) in [5.74, 6) is 0.800. The molecule has 6 nitrogen and oxygen atoms in total. The van der Waals surface area contributed by atoms with Gasteiger partial charge in [-0.15, -0.1) is 0 Å². The molecule has 3 rings (SSSR count). The van der Waals surface area contributed by atoms with E-state index in [0.29, 0.717) is 5.82 Å². The predicted octanol–water partition coefficient (Wildman–Crippen LogP) is 1.97. The molecule has 0 atom stereocenters. The minimum atomic E-state index is 0.0731. The maximum absolute atomic E-state index is 12.4. The van der Waals surface area contributed by atoms with Crippen molar-refractivity contribution in [1.82, 2.24) is 20.5 Å². The van der Waals surface area contributed by atoms with Gasteiger partial charge >= 0.3 is 0 Å². The van der Waals surface area contributed by atoms with Crippen LogP contribution in [0.15, 0.2) is 24.5 Å². The number of carbonyl (C=O) groups is 1. The Morgan fingerprint density at radius 3 is 2.73 bits per heavy atom. The van der Waals surface area contributed by atoms with Crippen LogP contribution in [0.5, 0.6) is 0 Å². The van der Waals surface area contributed by atoms with Gasteiger partial charge in [0, 0.05) is 29.4 Å². The van der Waals surface area contributed by atoms with Crippen molar-refractivity contribution in [2.45, 2.75) is 26.2 Å². The lowest BCUT2D eigenvalue weighted by Gasteiger charge is -2.21. The van der Waals surface area contributed by atoms with E-state index in [0.717, 1.165) is 49.2 Å². The molecule has 1 saturated heterocycles. The summed E-state index contributed by atoms with van der Waals surface area (Å²) in [6, 6.07) is 3.87. The van der Waals surface area contributed by atoms with Crippen LogP contribution in [0.4, 0.5) is 5.82 Å². The third-order valence-corrected chi connectivity index (χ3v) is 4.14. The van der Waals surface area contributed by atoms with Crippen molar-refractivity contribution >= 4 is 11.7 Å². The van der Waals surface area contributed by atoms with Gasteiger partial charge in [-0.25, -0.2) is 0 Å². The molecule has 1 aliphatic rings. The maximum Gasteiger partial charge on any atom is 0.228 e. The van der Waals surface area contributed by atoms with E-state index >= 15 is 0 Å². The van der Waals surface area contributed by atoms with Crippen LogP contribution in [0.1, 0.15) is 25.3 Å². The summed E-state index contributed by atoms with van der Waals surface area (Å²) < 4.78 is 0. The minimum absolute atomic E-state index is 0.0731. The van der Waals surface area contributed by atoms with Gasteiger partial charge in [0.2, 0.25) is 5.91 Å². The van der Waals surface area contributed by atoms with E-state index in [4.69, 9.17) is 0 Å². The molecule has 0 unspecified atom stereocenters. The van der Waals surface area contributed by atoms with Crippen molar-refractivity contribution in [3.05, 3.63) is 30.1 Å². The Kier molecular flexibility index (Phi) is 4.48. The van der Waals surface area contributed by atoms with Crippen LogP contribution in [-0.4, -0.2) is 34.2 Å². The fourth-order valence-electron chi connectivity index (χ4n) is 2.87. The summed E-state index contributed by atoms with van der Waals surface area (Å²) >= 11 is 0. The maximum atomic E-state index is 12.4. The summed E-state index contributed by atoms with van der Waals surface area (Å²) in [5, 5.41) is 13.6. The fourth-order valence-corrected chi connectivity index (χ4v) is 2.87. The third-order valence-electron chi connectivity index (χ3n) is 4.14. The molecular formula is C16H21N5O. The number of nitrogens with zero attached hydrogens (tertiary/aromatic N) is 2. The van der Waals surface area contributed by atoms with Crippen LogP contribution < -0.4 is 10.6 Å². The number of piperidine rings is 1. The zero-order valence-electron chi connectivity index (χ0n) is 12.7. The Balaban J connectivity index is 1.79. The smallest absolute Gasteiger partial charge is 0.228 e. The van der Waals surface area contributed by atoms with E-state index in [1.165, 1.54) is 0 Å². The van der Waals surface area contributed by atoms with Crippen molar-refractivity contribution in [1.29, 1.82) is 0 Å². The van der Waals surface area contributed by atoms with Crippen LogP contribution in [0.2, 0.25) is 0 Å². The van der Waals surface area contributed by atoms with Gasteiger partial charge in [0.15, 0.2) is 5.82 Å². The monoisotopic (exact) mass is 299 g/mol. The number of carbonyl (C=O) groups excluding carboxylic acids is 1. The number of hydrogen-bond donors (Lipinski definition) is 3. The van der Waals surface area contributed by atoms with Gasteiger partial charge in [-0.1, -0.05) is 6.92 Å². The molecule has 6 heteroatoms. The highest BCUT2D eigenvalue weighted by molar-refractivity contribution is 5.93. The first-order valence-electron chi connectivity index (χ1n) is 7.78. The Labute approximate surface area is 129 Å². The van der Waals surface area contributed by atoms with E-state index in [2.05, 4.69) is 32.7 Å². The molecule has 22 heavy (non-hydrogen) atoms. The quantitative estimate of drug-likeness (QED) is 0.806. The lowest BCUT2D eigenvalue weighted by atomic mass is 9.97. The fraction of sp³-hybridized carbons (Fsp3) is 0.438. The first-order valence-corrected chi connectivity index (χ1v) is 7.78. The molecule has 0 spiro atoms. The lowest BCUT2D eigenvalue weighted by Crippen LogP contribution is -2.34. The van der Waals surface area contributed by atoms with E-state index in [1.54, 1.807) is 12.4 Å². The highest BCUT2D eigenvalue weighted by atomic mass is 16.2. The SMILES string of the molecule is CCc1c(NC(=O)C2CCNCC2)n[nH]c1-c1ccncc1. The number of aromatic amines is 1. The number of nitrogens with one attached hydrogen (secondary N) is 3. The molecule has 0 aliphatic carbocycles. The van der Waals surface area contributed by atoms with Gasteiger partial charge in [0.1, 0.15) is 0 Å². The Bertz CT molecular complexity index is 631. The molecule has 2 aromatic rings. The first-order chi connectivity index (χ1) is 10.8. The molecule has 0 bridgehead atoms. The number of pyridine rings is 1. The van der Waals surface area contributed by atoms with Crippen molar-refractivity contribution < 1.29 is 4.79 Å². The number of hydrogen-bond acceptors (Lipinski definition) is 4. The van der Waals surface area contributed by atoms with Crippen LogP contribution in [0, 0.1) is 5.92 Å². The first kappa shape index (κ1) is 14.7. The Morgan fingerprint density at radius 1 is 1.32 bits per heavy atom. The van der Waals surface area contributed by atoms with Gasteiger partial charge in [0.25, 0.3) is 0 Å². The average Bonchev–Trinajstić information content (AvgIpc) is 2.99. The second-order valence-corrected chi connectivity index (χ2v) is 5.53. The van der Waals surface area contributed by atoms with Crippen LogP contribution in [0.3, 0.4) is 0 Å². The highest BCUT2D eigenvalue weighted by Crippen LogP contribution is 2.27. The molecule has 3 heterocycles. The molecule has 3 N–H and O–H groups in total. The van der Waals surface area contributed by atoms with Crippen LogP contribution >= 0.6 is 0 Å². The summed E-state index contributed by atoms with van der Waals surface area (Å²) in [7, 11) is 0. The normalized spacial score (nSPS) is 15.7. The molecule has 0 radical (unpaired) electrons. The van der Waals surface area contributed by atoms with Gasteiger partial charge in [0.05, 0.1) is 5.69 Å². The lowest BCUT2D eigenvalue weighted by molar-refractivity contribution is -0.120. The molecular weight excluding hydrogens is 278 g/mol. The van der Waals surface area contributed by atoms with Crippen LogP contribution in [0.25, 0.3) is 11.3 Å². The number of amides is 1. The summed E-state index contributed by atoms with van der Waals surface area (Å²) in [5.41, 5.74) is 3.01. The second-order valence-electron chi connectivity index (χ2n) is 5.53. The van der Waals surface area contributed by atoms with Gasteiger partial charge in [-0.2, -0.15) is 5.10 Å². The van der Waals surface area contributed by atoms with Gasteiger partial charge in [-0.3, -0.25) is 14.9 Å². The van der Waals surface area contributed by atoms with E-state index in [-0.39, 0.29) is 11.8 Å². The van der Waals surface area contributed by atoms with Gasteiger partial charge in [-0.05, 0) is 44.5 Å². The van der Waals surface area contributed by atoms with Crippen molar-refractivity contribution in [3.63, 3.8) is 0 Å². The highest BCUT2D eigenvalue weighted by Gasteiger charge is 2.23. The van der Waals surface area contributed by atoms with Gasteiger partial charge < -0.3 is 10.6 Å².